The first-order valence-electron chi connectivity index (χ1n) is 8.55. The van der Waals surface area contributed by atoms with Gasteiger partial charge in [0.05, 0.1) is 11.3 Å². The van der Waals surface area contributed by atoms with Gasteiger partial charge in [0, 0.05) is 11.8 Å². The number of hydrogen-bond donors (Lipinski definition) is 0. The van der Waals surface area contributed by atoms with Gasteiger partial charge in [0.15, 0.2) is 5.78 Å². The van der Waals surface area contributed by atoms with Crippen LogP contribution in [0.25, 0.3) is 0 Å². The predicted octanol–water partition coefficient (Wildman–Crippen LogP) is 5.17. The SMILES string of the molecule is CC(=O)c1ccc(N=Cc2ccc(OC(=O)c3ccc(C)cc3)cc2)cc1. The minimum atomic E-state index is -0.387. The Hall–Kier alpha value is -3.53. The molecule has 0 atom stereocenters. The van der Waals surface area contributed by atoms with Crippen LogP contribution >= 0.6 is 0 Å². The minimum absolute atomic E-state index is 0.0290. The fourth-order valence-electron chi connectivity index (χ4n) is 2.41. The Labute approximate surface area is 158 Å². The van der Waals surface area contributed by atoms with Crippen molar-refractivity contribution in [3.8, 4) is 5.75 Å². The molecule has 0 bridgehead atoms. The number of hydrogen-bond acceptors (Lipinski definition) is 4. The van der Waals surface area contributed by atoms with E-state index in [1.807, 2.05) is 31.2 Å². The molecule has 0 aliphatic rings. The van der Waals surface area contributed by atoms with Gasteiger partial charge in [-0.15, -0.1) is 0 Å². The summed E-state index contributed by atoms with van der Waals surface area (Å²) < 4.78 is 5.38. The highest BCUT2D eigenvalue weighted by atomic mass is 16.5. The van der Waals surface area contributed by atoms with Gasteiger partial charge < -0.3 is 4.74 Å². The van der Waals surface area contributed by atoms with Crippen LogP contribution in [0.4, 0.5) is 5.69 Å². The van der Waals surface area contributed by atoms with Gasteiger partial charge in [-0.2, -0.15) is 0 Å². The first-order chi connectivity index (χ1) is 13.0. The number of carbonyl (C=O) groups excluding carboxylic acids is 2. The van der Waals surface area contributed by atoms with E-state index in [9.17, 15) is 9.59 Å². The highest BCUT2D eigenvalue weighted by Gasteiger charge is 2.07. The maximum atomic E-state index is 12.1. The molecule has 0 saturated heterocycles. The third kappa shape index (κ3) is 4.98. The molecule has 0 N–H and O–H groups in total. The summed E-state index contributed by atoms with van der Waals surface area (Å²) in [6, 6.07) is 21.4. The van der Waals surface area contributed by atoms with E-state index in [0.717, 1.165) is 16.8 Å². The van der Waals surface area contributed by atoms with Gasteiger partial charge in [-0.25, -0.2) is 4.79 Å². The molecule has 0 aliphatic carbocycles. The van der Waals surface area contributed by atoms with Crippen molar-refractivity contribution in [3.63, 3.8) is 0 Å². The Balaban J connectivity index is 1.63. The van der Waals surface area contributed by atoms with Crippen LogP contribution in [0.1, 0.15) is 38.8 Å². The Bertz CT molecular complexity index is 970. The van der Waals surface area contributed by atoms with Crippen LogP contribution in [0.5, 0.6) is 5.75 Å². The van der Waals surface area contributed by atoms with Crippen LogP contribution < -0.4 is 4.74 Å². The number of ketones is 1. The van der Waals surface area contributed by atoms with Gasteiger partial charge in [0.1, 0.15) is 5.75 Å². The van der Waals surface area contributed by atoms with Crippen molar-refractivity contribution in [1.29, 1.82) is 0 Å². The fraction of sp³-hybridized carbons (Fsp3) is 0.0870. The molecular weight excluding hydrogens is 338 g/mol. The van der Waals surface area contributed by atoms with E-state index in [1.54, 1.807) is 54.7 Å². The number of aliphatic imine (C=N–C) groups is 1. The van der Waals surface area contributed by atoms with Gasteiger partial charge in [-0.05, 0) is 80.1 Å². The summed E-state index contributed by atoms with van der Waals surface area (Å²) in [6.07, 6.45) is 1.72. The second-order valence-electron chi connectivity index (χ2n) is 6.19. The molecule has 0 radical (unpaired) electrons. The fourth-order valence-corrected chi connectivity index (χ4v) is 2.41. The maximum Gasteiger partial charge on any atom is 0.343 e. The number of esters is 1. The summed E-state index contributed by atoms with van der Waals surface area (Å²) in [5, 5.41) is 0. The molecule has 0 unspecified atom stereocenters. The standard InChI is InChI=1S/C23H19NO3/c1-16-3-7-20(8-4-16)23(26)27-22-13-5-18(6-14-22)15-24-21-11-9-19(10-12-21)17(2)25/h3-15H,1-2H3. The number of nitrogens with zero attached hydrogens (tertiary/aromatic N) is 1. The second-order valence-corrected chi connectivity index (χ2v) is 6.19. The Morgan fingerprint density at radius 1 is 0.815 bits per heavy atom. The molecule has 3 aromatic rings. The van der Waals surface area contributed by atoms with Crippen LogP contribution in [0.3, 0.4) is 0 Å². The average Bonchev–Trinajstić information content (AvgIpc) is 2.68. The van der Waals surface area contributed by atoms with Gasteiger partial charge in [0.25, 0.3) is 0 Å². The third-order valence-electron chi connectivity index (χ3n) is 4.01. The maximum absolute atomic E-state index is 12.1. The Morgan fingerprint density at radius 3 is 2.00 bits per heavy atom. The molecule has 27 heavy (non-hydrogen) atoms. The normalized spacial score (nSPS) is 10.7. The number of aryl methyl sites for hydroxylation is 1. The van der Waals surface area contributed by atoms with Crippen molar-refractivity contribution >= 4 is 23.7 Å². The lowest BCUT2D eigenvalue weighted by Gasteiger charge is -2.05. The zero-order valence-corrected chi connectivity index (χ0v) is 15.2. The zero-order valence-electron chi connectivity index (χ0n) is 15.2. The summed E-state index contributed by atoms with van der Waals surface area (Å²) in [5.41, 5.74) is 3.90. The van der Waals surface area contributed by atoms with Crippen molar-refractivity contribution in [2.45, 2.75) is 13.8 Å². The van der Waals surface area contributed by atoms with E-state index in [-0.39, 0.29) is 11.8 Å². The molecular formula is C23H19NO3. The first-order valence-corrected chi connectivity index (χ1v) is 8.55. The van der Waals surface area contributed by atoms with E-state index < -0.39 is 0 Å². The molecule has 4 nitrogen and oxygen atoms in total. The summed E-state index contributed by atoms with van der Waals surface area (Å²) in [7, 11) is 0. The Morgan fingerprint density at radius 2 is 1.41 bits per heavy atom. The molecule has 3 rings (SSSR count). The quantitative estimate of drug-likeness (QED) is 0.274. The van der Waals surface area contributed by atoms with Crippen LogP contribution in [0, 0.1) is 6.92 Å². The second kappa shape index (κ2) is 8.23. The molecule has 0 spiro atoms. The van der Waals surface area contributed by atoms with Crippen LogP contribution in [-0.2, 0) is 0 Å². The molecule has 0 aromatic heterocycles. The molecule has 3 aromatic carbocycles. The van der Waals surface area contributed by atoms with Crippen LogP contribution in [-0.4, -0.2) is 18.0 Å². The molecule has 4 heteroatoms. The lowest BCUT2D eigenvalue weighted by Crippen LogP contribution is -2.08. The minimum Gasteiger partial charge on any atom is -0.423 e. The average molecular weight is 357 g/mol. The number of benzene rings is 3. The van der Waals surface area contributed by atoms with Crippen molar-refractivity contribution in [3.05, 3.63) is 95.1 Å². The van der Waals surface area contributed by atoms with E-state index in [0.29, 0.717) is 16.9 Å². The molecule has 134 valence electrons. The van der Waals surface area contributed by atoms with Crippen molar-refractivity contribution in [2.24, 2.45) is 4.99 Å². The topological polar surface area (TPSA) is 55.7 Å². The highest BCUT2D eigenvalue weighted by molar-refractivity contribution is 5.94. The van der Waals surface area contributed by atoms with E-state index >= 15 is 0 Å². The van der Waals surface area contributed by atoms with Crippen LogP contribution in [0.15, 0.2) is 77.8 Å². The third-order valence-corrected chi connectivity index (χ3v) is 4.01. The Kier molecular flexibility index (Phi) is 5.57. The molecule has 0 fully saturated rings. The first kappa shape index (κ1) is 18.3. The number of carbonyl (C=O) groups is 2. The molecule has 0 heterocycles. The molecule has 0 amide bonds. The highest BCUT2D eigenvalue weighted by Crippen LogP contribution is 2.16. The van der Waals surface area contributed by atoms with Crippen LogP contribution in [0.2, 0.25) is 0 Å². The van der Waals surface area contributed by atoms with Gasteiger partial charge in [0.2, 0.25) is 0 Å². The van der Waals surface area contributed by atoms with Crippen molar-refractivity contribution in [2.75, 3.05) is 0 Å². The molecule has 0 saturated carbocycles. The zero-order chi connectivity index (χ0) is 19.2. The van der Waals surface area contributed by atoms with Gasteiger partial charge in [-0.1, -0.05) is 17.7 Å². The monoisotopic (exact) mass is 357 g/mol. The van der Waals surface area contributed by atoms with E-state index in [4.69, 9.17) is 4.74 Å². The van der Waals surface area contributed by atoms with Gasteiger partial charge in [-0.3, -0.25) is 9.79 Å². The lowest BCUT2D eigenvalue weighted by atomic mass is 10.1. The number of rotatable bonds is 5. The smallest absolute Gasteiger partial charge is 0.343 e. The van der Waals surface area contributed by atoms with E-state index in [2.05, 4.69) is 4.99 Å². The van der Waals surface area contributed by atoms with Crippen molar-refractivity contribution < 1.29 is 14.3 Å². The lowest BCUT2D eigenvalue weighted by molar-refractivity contribution is 0.0734. The summed E-state index contributed by atoms with van der Waals surface area (Å²) >= 11 is 0. The summed E-state index contributed by atoms with van der Waals surface area (Å²) in [6.45, 7) is 3.50. The van der Waals surface area contributed by atoms with E-state index in [1.165, 1.54) is 6.92 Å². The van der Waals surface area contributed by atoms with Gasteiger partial charge >= 0.3 is 5.97 Å². The number of ether oxygens (including phenoxy) is 1. The predicted molar refractivity (Wildman–Crippen MR) is 106 cm³/mol. The summed E-state index contributed by atoms with van der Waals surface area (Å²) in [5.74, 6) is 0.117. The number of Topliss-reactive ketones (excluding diaryl/α,β-unsaturated/α-hetero) is 1. The molecule has 0 aliphatic heterocycles. The summed E-state index contributed by atoms with van der Waals surface area (Å²) in [4.78, 5) is 27.8. The van der Waals surface area contributed by atoms with Crippen molar-refractivity contribution in [1.82, 2.24) is 0 Å². The largest absolute Gasteiger partial charge is 0.423 e.